The van der Waals surface area contributed by atoms with E-state index in [4.69, 9.17) is 0 Å². The van der Waals surface area contributed by atoms with Crippen LogP contribution in [0.5, 0.6) is 0 Å². The molecule has 0 amide bonds. The fourth-order valence-electron chi connectivity index (χ4n) is 2.15. The number of hydrogen-bond donors (Lipinski definition) is 2. The lowest BCUT2D eigenvalue weighted by molar-refractivity contribution is 0.371. The van der Waals surface area contributed by atoms with Crippen molar-refractivity contribution in [3.63, 3.8) is 0 Å². The van der Waals surface area contributed by atoms with Gasteiger partial charge in [-0.15, -0.1) is 0 Å². The van der Waals surface area contributed by atoms with E-state index in [1.165, 1.54) is 17.7 Å². The van der Waals surface area contributed by atoms with Gasteiger partial charge in [-0.3, -0.25) is 0 Å². The van der Waals surface area contributed by atoms with Gasteiger partial charge >= 0.3 is 0 Å². The zero-order valence-electron chi connectivity index (χ0n) is 11.3. The van der Waals surface area contributed by atoms with Crippen molar-refractivity contribution in [2.24, 2.45) is 5.92 Å². The van der Waals surface area contributed by atoms with Crippen LogP contribution in [0.4, 0.5) is 0 Å². The molecule has 0 aromatic carbocycles. The van der Waals surface area contributed by atoms with Crippen LogP contribution < -0.4 is 10.6 Å². The van der Waals surface area contributed by atoms with E-state index in [-0.39, 0.29) is 0 Å². The third-order valence-electron chi connectivity index (χ3n) is 3.47. The molecule has 0 atom stereocenters. The zero-order chi connectivity index (χ0) is 13.0. The van der Waals surface area contributed by atoms with E-state index in [2.05, 4.69) is 41.5 Å². The SMILES string of the molecule is C=C(NCC1CCNCC1)c1cc(C(C)C)sn1. The van der Waals surface area contributed by atoms with Gasteiger partial charge in [0.25, 0.3) is 0 Å². The van der Waals surface area contributed by atoms with Gasteiger partial charge in [0.1, 0.15) is 0 Å². The molecular formula is C14H23N3S. The Kier molecular flexibility index (Phi) is 4.78. The lowest BCUT2D eigenvalue weighted by Gasteiger charge is -2.23. The number of nitrogens with one attached hydrogen (secondary N) is 2. The molecule has 0 unspecified atom stereocenters. The van der Waals surface area contributed by atoms with Gasteiger partial charge in [-0.25, -0.2) is 0 Å². The van der Waals surface area contributed by atoms with Gasteiger partial charge in [-0.05, 0) is 55.4 Å². The first-order valence-electron chi connectivity index (χ1n) is 6.77. The smallest absolute Gasteiger partial charge is 0.0996 e. The number of nitrogens with zero attached hydrogens (tertiary/aromatic N) is 1. The first kappa shape index (κ1) is 13.6. The van der Waals surface area contributed by atoms with E-state index in [0.717, 1.165) is 36.9 Å². The van der Waals surface area contributed by atoms with Gasteiger partial charge in [0.2, 0.25) is 0 Å². The number of piperidine rings is 1. The lowest BCUT2D eigenvalue weighted by Crippen LogP contribution is -2.33. The molecule has 0 spiro atoms. The van der Waals surface area contributed by atoms with Crippen LogP contribution in [-0.2, 0) is 0 Å². The third-order valence-corrected chi connectivity index (χ3v) is 4.56. The minimum atomic E-state index is 0.550. The van der Waals surface area contributed by atoms with Crippen molar-refractivity contribution in [3.8, 4) is 0 Å². The van der Waals surface area contributed by atoms with Gasteiger partial charge in [0.15, 0.2) is 0 Å². The molecule has 4 heteroatoms. The van der Waals surface area contributed by atoms with E-state index >= 15 is 0 Å². The summed E-state index contributed by atoms with van der Waals surface area (Å²) in [5.41, 5.74) is 1.98. The second kappa shape index (κ2) is 6.34. The van der Waals surface area contributed by atoms with E-state index in [9.17, 15) is 0 Å². The van der Waals surface area contributed by atoms with E-state index < -0.39 is 0 Å². The Labute approximate surface area is 114 Å². The molecule has 2 heterocycles. The van der Waals surface area contributed by atoms with Crippen LogP contribution >= 0.6 is 11.5 Å². The summed E-state index contributed by atoms with van der Waals surface area (Å²) in [7, 11) is 0. The van der Waals surface area contributed by atoms with Crippen molar-refractivity contribution >= 4 is 17.2 Å². The number of aromatic nitrogens is 1. The molecule has 18 heavy (non-hydrogen) atoms. The third kappa shape index (κ3) is 3.56. The molecule has 3 nitrogen and oxygen atoms in total. The summed E-state index contributed by atoms with van der Waals surface area (Å²) >= 11 is 1.59. The molecule has 1 aliphatic heterocycles. The van der Waals surface area contributed by atoms with E-state index in [0.29, 0.717) is 5.92 Å². The highest BCUT2D eigenvalue weighted by Crippen LogP contribution is 2.23. The molecule has 0 saturated carbocycles. The van der Waals surface area contributed by atoms with E-state index in [1.807, 2.05) is 0 Å². The Hall–Kier alpha value is -0.870. The normalized spacial score (nSPS) is 17.1. The molecule has 0 bridgehead atoms. The predicted octanol–water partition coefficient (Wildman–Crippen LogP) is 2.83. The number of hydrogen-bond acceptors (Lipinski definition) is 4. The van der Waals surface area contributed by atoms with Crippen molar-refractivity contribution in [3.05, 3.63) is 23.2 Å². The molecule has 100 valence electrons. The van der Waals surface area contributed by atoms with Gasteiger partial charge < -0.3 is 10.6 Å². The summed E-state index contributed by atoms with van der Waals surface area (Å²) in [5.74, 6) is 1.32. The summed E-state index contributed by atoms with van der Waals surface area (Å²) in [6.45, 7) is 11.8. The van der Waals surface area contributed by atoms with Crippen LogP contribution in [0.25, 0.3) is 5.70 Å². The highest BCUT2D eigenvalue weighted by Gasteiger charge is 2.14. The zero-order valence-corrected chi connectivity index (χ0v) is 12.1. The molecule has 1 aliphatic rings. The molecular weight excluding hydrogens is 242 g/mol. The maximum Gasteiger partial charge on any atom is 0.0996 e. The topological polar surface area (TPSA) is 37.0 Å². The first-order valence-corrected chi connectivity index (χ1v) is 7.54. The molecule has 2 rings (SSSR count). The molecule has 2 N–H and O–H groups in total. The van der Waals surface area contributed by atoms with Crippen LogP contribution in [0.15, 0.2) is 12.6 Å². The summed E-state index contributed by atoms with van der Waals surface area (Å²) in [5, 5.41) is 6.83. The summed E-state index contributed by atoms with van der Waals surface area (Å²) in [4.78, 5) is 1.33. The summed E-state index contributed by atoms with van der Waals surface area (Å²) in [6.07, 6.45) is 2.52. The van der Waals surface area contributed by atoms with Crippen LogP contribution in [0.2, 0.25) is 0 Å². The average Bonchev–Trinajstić information content (AvgIpc) is 2.87. The van der Waals surface area contributed by atoms with Gasteiger partial charge in [-0.1, -0.05) is 20.4 Å². The molecule has 1 fully saturated rings. The maximum absolute atomic E-state index is 4.47. The Morgan fingerprint density at radius 1 is 1.56 bits per heavy atom. The minimum absolute atomic E-state index is 0.550. The van der Waals surface area contributed by atoms with Crippen LogP contribution in [-0.4, -0.2) is 24.0 Å². The van der Waals surface area contributed by atoms with Crippen LogP contribution in [0, 0.1) is 5.92 Å². The Morgan fingerprint density at radius 2 is 2.28 bits per heavy atom. The highest BCUT2D eigenvalue weighted by atomic mass is 32.1. The quantitative estimate of drug-likeness (QED) is 0.859. The lowest BCUT2D eigenvalue weighted by atomic mass is 9.98. The van der Waals surface area contributed by atoms with E-state index in [1.54, 1.807) is 11.5 Å². The molecule has 1 aromatic heterocycles. The van der Waals surface area contributed by atoms with Crippen molar-refractivity contribution in [2.45, 2.75) is 32.6 Å². The Balaban J connectivity index is 1.83. The monoisotopic (exact) mass is 265 g/mol. The second-order valence-corrected chi connectivity index (χ2v) is 6.16. The molecule has 1 aromatic rings. The van der Waals surface area contributed by atoms with Gasteiger partial charge in [0, 0.05) is 11.4 Å². The average molecular weight is 265 g/mol. The fraction of sp³-hybridized carbons (Fsp3) is 0.643. The molecule has 1 saturated heterocycles. The summed E-state index contributed by atoms with van der Waals surface area (Å²) < 4.78 is 4.47. The van der Waals surface area contributed by atoms with Gasteiger partial charge in [-0.2, -0.15) is 4.37 Å². The summed E-state index contributed by atoms with van der Waals surface area (Å²) in [6, 6.07) is 2.16. The largest absolute Gasteiger partial charge is 0.383 e. The molecule has 0 aliphatic carbocycles. The molecule has 0 radical (unpaired) electrons. The highest BCUT2D eigenvalue weighted by molar-refractivity contribution is 7.06. The standard InChI is InChI=1S/C14H23N3S/c1-10(2)14-8-13(17-18-14)11(3)16-9-12-4-6-15-7-5-12/h8,10,12,15-16H,3-7,9H2,1-2H3. The van der Waals surface area contributed by atoms with Crippen molar-refractivity contribution in [1.29, 1.82) is 0 Å². The first-order chi connectivity index (χ1) is 8.66. The predicted molar refractivity (Wildman–Crippen MR) is 78.8 cm³/mol. The van der Waals surface area contributed by atoms with Crippen molar-refractivity contribution in [2.75, 3.05) is 19.6 Å². The number of rotatable bonds is 5. The van der Waals surface area contributed by atoms with Crippen molar-refractivity contribution < 1.29 is 0 Å². The fourth-order valence-corrected chi connectivity index (χ4v) is 2.89. The Bertz CT molecular complexity index is 391. The van der Waals surface area contributed by atoms with Crippen LogP contribution in [0.1, 0.15) is 43.2 Å². The van der Waals surface area contributed by atoms with Crippen molar-refractivity contribution in [1.82, 2.24) is 15.0 Å². The maximum atomic E-state index is 4.47. The van der Waals surface area contributed by atoms with Gasteiger partial charge in [0.05, 0.1) is 11.4 Å². The van der Waals surface area contributed by atoms with Crippen LogP contribution in [0.3, 0.4) is 0 Å². The second-order valence-electron chi connectivity index (χ2n) is 5.32. The Morgan fingerprint density at radius 3 is 2.89 bits per heavy atom. The minimum Gasteiger partial charge on any atom is -0.383 e.